The van der Waals surface area contributed by atoms with Crippen LogP contribution in [0.5, 0.6) is 11.5 Å². The zero-order valence-electron chi connectivity index (χ0n) is 24.1. The lowest BCUT2D eigenvalue weighted by atomic mass is 10.0. The Labute approximate surface area is 244 Å². The molecule has 0 aliphatic carbocycles. The summed E-state index contributed by atoms with van der Waals surface area (Å²) in [5.74, 6) is 0.589. The van der Waals surface area contributed by atoms with Gasteiger partial charge in [-0.3, -0.25) is 14.4 Å². The van der Waals surface area contributed by atoms with Gasteiger partial charge in [0, 0.05) is 61.4 Å². The Morgan fingerprint density at radius 2 is 1.88 bits per heavy atom. The van der Waals surface area contributed by atoms with Crippen molar-refractivity contribution in [3.63, 3.8) is 0 Å². The van der Waals surface area contributed by atoms with Crippen molar-refractivity contribution in [3.05, 3.63) is 75.8 Å². The predicted octanol–water partition coefficient (Wildman–Crippen LogP) is 4.30. The van der Waals surface area contributed by atoms with Gasteiger partial charge in [0.05, 0.1) is 10.6 Å². The number of aryl methyl sites for hydroxylation is 2. The molecular formula is C31H34N4O6S. The number of benzene rings is 2. The molecule has 2 amide bonds. The molecule has 10 nitrogen and oxygen atoms in total. The summed E-state index contributed by atoms with van der Waals surface area (Å²) in [6, 6.07) is 12.0. The molecule has 42 heavy (non-hydrogen) atoms. The molecule has 2 N–H and O–H groups in total. The number of para-hydroxylation sites is 1. The Bertz CT molecular complexity index is 1870. The molecule has 1 saturated heterocycles. The zero-order chi connectivity index (χ0) is 30.2. The number of aromatic amines is 1. The van der Waals surface area contributed by atoms with Gasteiger partial charge in [0.1, 0.15) is 22.7 Å². The normalized spacial score (nSPS) is 13.6. The van der Waals surface area contributed by atoms with Gasteiger partial charge in [0.2, 0.25) is 5.91 Å². The van der Waals surface area contributed by atoms with Crippen molar-refractivity contribution in [1.29, 1.82) is 0 Å². The molecule has 5 rings (SSSR count). The Kier molecular flexibility index (Phi) is 7.96. The monoisotopic (exact) mass is 590 g/mol. The van der Waals surface area contributed by atoms with Gasteiger partial charge in [0.15, 0.2) is 9.84 Å². The number of likely N-dealkylation sites (tertiary alicyclic amines) is 1. The van der Waals surface area contributed by atoms with E-state index >= 15 is 0 Å². The molecule has 0 unspecified atom stereocenters. The zero-order valence-corrected chi connectivity index (χ0v) is 24.9. The number of nitrogens with one attached hydrogen (secondary N) is 2. The van der Waals surface area contributed by atoms with Gasteiger partial charge >= 0.3 is 0 Å². The Morgan fingerprint density at radius 3 is 2.57 bits per heavy atom. The maximum absolute atomic E-state index is 13.1. The molecule has 1 fully saturated rings. The fourth-order valence-electron chi connectivity index (χ4n) is 5.27. The number of sulfone groups is 1. The minimum atomic E-state index is -3.58. The SMILES string of the molecule is CCNC(=O)c1cc2c(-c3cc(S(=O)(=O)CC)ccc3Oc3c(C)cccc3CN3CCCC3=O)cn(C)c(=O)c2[nH]1. The van der Waals surface area contributed by atoms with Gasteiger partial charge in [-0.15, -0.1) is 0 Å². The molecule has 11 heteroatoms. The molecule has 0 saturated carbocycles. The van der Waals surface area contributed by atoms with E-state index in [9.17, 15) is 22.8 Å². The number of carbonyl (C=O) groups excluding carboxylic acids is 2. The van der Waals surface area contributed by atoms with Crippen LogP contribution in [0, 0.1) is 6.92 Å². The minimum Gasteiger partial charge on any atom is -0.456 e. The van der Waals surface area contributed by atoms with Gasteiger partial charge in [-0.25, -0.2) is 8.42 Å². The number of fused-ring (bicyclic) bond motifs is 1. The van der Waals surface area contributed by atoms with E-state index in [1.165, 1.54) is 10.6 Å². The lowest BCUT2D eigenvalue weighted by molar-refractivity contribution is -0.128. The maximum atomic E-state index is 13.1. The first kappa shape index (κ1) is 29.1. The molecule has 0 radical (unpaired) electrons. The number of rotatable bonds is 9. The maximum Gasteiger partial charge on any atom is 0.274 e. The average molecular weight is 591 g/mol. The molecular weight excluding hydrogens is 556 g/mol. The molecule has 3 heterocycles. The second-order valence-corrected chi connectivity index (χ2v) is 12.7. The summed E-state index contributed by atoms with van der Waals surface area (Å²) in [6.45, 7) is 6.77. The van der Waals surface area contributed by atoms with Crippen LogP contribution in [-0.4, -0.2) is 53.5 Å². The lowest BCUT2D eigenvalue weighted by Gasteiger charge is -2.21. The topological polar surface area (TPSA) is 131 Å². The molecule has 0 bridgehead atoms. The third kappa shape index (κ3) is 5.44. The van der Waals surface area contributed by atoms with Crippen molar-refractivity contribution in [2.75, 3.05) is 18.8 Å². The largest absolute Gasteiger partial charge is 0.456 e. The van der Waals surface area contributed by atoms with Crippen molar-refractivity contribution >= 4 is 32.6 Å². The van der Waals surface area contributed by atoms with Gasteiger partial charge in [-0.05, 0) is 50.1 Å². The number of nitrogens with zero attached hydrogens (tertiary/aromatic N) is 2. The van der Waals surface area contributed by atoms with Crippen LogP contribution >= 0.6 is 0 Å². The summed E-state index contributed by atoms with van der Waals surface area (Å²) in [6.07, 6.45) is 2.96. The highest BCUT2D eigenvalue weighted by molar-refractivity contribution is 7.91. The van der Waals surface area contributed by atoms with Gasteiger partial charge in [-0.1, -0.05) is 25.1 Å². The molecule has 0 atom stereocenters. The number of amides is 2. The molecule has 1 aliphatic heterocycles. The molecule has 1 aliphatic rings. The van der Waals surface area contributed by atoms with Crippen molar-refractivity contribution in [2.24, 2.45) is 7.05 Å². The van der Waals surface area contributed by atoms with Gasteiger partial charge in [-0.2, -0.15) is 0 Å². The number of pyridine rings is 1. The molecule has 4 aromatic rings. The number of hydrogen-bond acceptors (Lipinski definition) is 6. The number of aromatic nitrogens is 2. The van der Waals surface area contributed by atoms with Crippen LogP contribution in [0.1, 0.15) is 48.3 Å². The van der Waals surface area contributed by atoms with E-state index in [-0.39, 0.29) is 39.2 Å². The van der Waals surface area contributed by atoms with E-state index in [4.69, 9.17) is 4.74 Å². The second kappa shape index (κ2) is 11.5. The first-order chi connectivity index (χ1) is 20.0. The van der Waals surface area contributed by atoms with E-state index in [0.717, 1.165) is 17.5 Å². The summed E-state index contributed by atoms with van der Waals surface area (Å²) >= 11 is 0. The fraction of sp³-hybridized carbons (Fsp3) is 0.323. The van der Waals surface area contributed by atoms with E-state index in [1.807, 2.05) is 25.1 Å². The highest BCUT2D eigenvalue weighted by atomic mass is 32.2. The van der Waals surface area contributed by atoms with E-state index in [2.05, 4.69) is 10.3 Å². The Hall–Kier alpha value is -4.38. The summed E-state index contributed by atoms with van der Waals surface area (Å²) in [4.78, 5) is 43.0. The second-order valence-electron chi connectivity index (χ2n) is 10.4. The number of hydrogen-bond donors (Lipinski definition) is 2. The van der Waals surface area contributed by atoms with Gasteiger partial charge in [0.25, 0.3) is 11.5 Å². The van der Waals surface area contributed by atoms with Gasteiger partial charge < -0.3 is 24.5 Å². The summed E-state index contributed by atoms with van der Waals surface area (Å²) in [5.41, 5.74) is 2.74. The Morgan fingerprint density at radius 1 is 1.10 bits per heavy atom. The molecule has 0 spiro atoms. The Balaban J connectivity index is 1.71. The standard InChI is InChI=1S/C31H34N4O6S/c1-5-32-30(37)25-16-23-24(18-34(4)31(38)28(23)33-25)22-15-21(42(39,40)6-2)12-13-26(22)41-29-19(3)9-7-10-20(29)17-35-14-8-11-27(35)36/h7,9-10,12-13,15-16,18,33H,5-6,8,11,14,17H2,1-4H3,(H,32,37). The van der Waals surface area contributed by atoms with E-state index in [0.29, 0.717) is 54.1 Å². The summed E-state index contributed by atoms with van der Waals surface area (Å²) in [7, 11) is -1.99. The fourth-order valence-corrected chi connectivity index (χ4v) is 6.17. The van der Waals surface area contributed by atoms with Crippen molar-refractivity contribution in [2.45, 2.75) is 45.1 Å². The van der Waals surface area contributed by atoms with Crippen molar-refractivity contribution < 1.29 is 22.7 Å². The average Bonchev–Trinajstić information content (AvgIpc) is 3.59. The summed E-state index contributed by atoms with van der Waals surface area (Å²) in [5, 5.41) is 3.19. The highest BCUT2D eigenvalue weighted by Gasteiger charge is 2.24. The third-order valence-electron chi connectivity index (χ3n) is 7.57. The first-order valence-corrected chi connectivity index (χ1v) is 15.6. The van der Waals surface area contributed by atoms with Crippen LogP contribution in [-0.2, 0) is 28.2 Å². The molecule has 2 aromatic heterocycles. The number of H-pyrrole nitrogens is 1. The predicted molar refractivity (Wildman–Crippen MR) is 161 cm³/mol. The van der Waals surface area contributed by atoms with Crippen LogP contribution in [0.25, 0.3) is 22.0 Å². The van der Waals surface area contributed by atoms with Crippen LogP contribution in [0.15, 0.2) is 58.4 Å². The van der Waals surface area contributed by atoms with Crippen LogP contribution < -0.4 is 15.6 Å². The molecule has 2 aromatic carbocycles. The van der Waals surface area contributed by atoms with E-state index < -0.39 is 9.84 Å². The minimum absolute atomic E-state index is 0.0906. The van der Waals surface area contributed by atoms with Crippen molar-refractivity contribution in [1.82, 2.24) is 19.8 Å². The quantitative estimate of drug-likeness (QED) is 0.299. The first-order valence-electron chi connectivity index (χ1n) is 14.0. The van der Waals surface area contributed by atoms with Crippen LogP contribution in [0.2, 0.25) is 0 Å². The van der Waals surface area contributed by atoms with Crippen LogP contribution in [0.3, 0.4) is 0 Å². The summed E-state index contributed by atoms with van der Waals surface area (Å²) < 4.78 is 33.9. The molecule has 220 valence electrons. The third-order valence-corrected chi connectivity index (χ3v) is 9.30. The number of carbonyl (C=O) groups is 2. The lowest BCUT2D eigenvalue weighted by Crippen LogP contribution is -2.24. The van der Waals surface area contributed by atoms with Crippen LogP contribution in [0.4, 0.5) is 0 Å². The van der Waals surface area contributed by atoms with E-state index in [1.54, 1.807) is 50.2 Å². The number of ether oxygens (including phenoxy) is 1. The van der Waals surface area contributed by atoms with Crippen molar-refractivity contribution in [3.8, 4) is 22.6 Å². The smallest absolute Gasteiger partial charge is 0.274 e. The highest BCUT2D eigenvalue weighted by Crippen LogP contribution is 2.40.